The topological polar surface area (TPSA) is 73.8 Å². The Morgan fingerprint density at radius 2 is 1.93 bits per heavy atom. The van der Waals surface area contributed by atoms with Crippen LogP contribution in [-0.4, -0.2) is 25.5 Å². The molecule has 0 amide bonds. The molecule has 2 heterocycles. The van der Waals surface area contributed by atoms with Crippen LogP contribution in [0.5, 0.6) is 0 Å². The summed E-state index contributed by atoms with van der Waals surface area (Å²) in [7, 11) is 0. The second-order valence-electron chi connectivity index (χ2n) is 7.03. The Labute approximate surface area is 177 Å². The van der Waals surface area contributed by atoms with E-state index in [1.54, 1.807) is 23.0 Å². The quantitative estimate of drug-likeness (QED) is 0.309. The Morgan fingerprint density at radius 1 is 1.10 bits per heavy atom. The lowest BCUT2D eigenvalue weighted by Crippen LogP contribution is -2.21. The van der Waals surface area contributed by atoms with Gasteiger partial charge in [0.15, 0.2) is 0 Å². The second-order valence-corrected chi connectivity index (χ2v) is 8.08. The molecule has 0 spiro atoms. The van der Waals surface area contributed by atoms with E-state index in [9.17, 15) is 9.18 Å². The Bertz CT molecular complexity index is 1200. The molecule has 6 nitrogen and oxygen atoms in total. The van der Waals surface area contributed by atoms with Crippen molar-refractivity contribution in [3.05, 3.63) is 82.0 Å². The van der Waals surface area contributed by atoms with E-state index in [0.29, 0.717) is 29.5 Å². The average Bonchev–Trinajstić information content (AvgIpc) is 3.19. The van der Waals surface area contributed by atoms with Crippen LogP contribution in [0.1, 0.15) is 29.9 Å². The predicted molar refractivity (Wildman–Crippen MR) is 114 cm³/mol. The van der Waals surface area contributed by atoms with Gasteiger partial charge in [-0.15, -0.1) is 10.2 Å². The Kier molecular flexibility index (Phi) is 6.23. The molecule has 0 saturated carbocycles. The molecule has 0 N–H and O–H groups in total. The zero-order chi connectivity index (χ0) is 20.9. The fraction of sp³-hybridized carbons (Fsp3) is 0.273. The third-order valence-electron chi connectivity index (χ3n) is 4.79. The van der Waals surface area contributed by atoms with Crippen LogP contribution in [0.4, 0.5) is 4.39 Å². The van der Waals surface area contributed by atoms with E-state index in [-0.39, 0.29) is 11.4 Å². The van der Waals surface area contributed by atoms with Gasteiger partial charge in [-0.1, -0.05) is 36.0 Å². The van der Waals surface area contributed by atoms with Crippen LogP contribution in [-0.2, 0) is 13.0 Å². The Balaban J connectivity index is 1.25. The molecule has 8 heteroatoms. The minimum Gasteiger partial charge on any atom is -0.416 e. The molecule has 30 heavy (non-hydrogen) atoms. The van der Waals surface area contributed by atoms with Gasteiger partial charge < -0.3 is 4.42 Å². The summed E-state index contributed by atoms with van der Waals surface area (Å²) in [5.41, 5.74) is 2.69. The highest BCUT2D eigenvalue weighted by atomic mass is 32.2. The molecule has 0 saturated heterocycles. The highest BCUT2D eigenvalue weighted by molar-refractivity contribution is 7.99. The molecular formula is C22H21FN4O2S. The van der Waals surface area contributed by atoms with Gasteiger partial charge in [0.05, 0.1) is 23.7 Å². The lowest BCUT2D eigenvalue weighted by molar-refractivity contribution is 0.420. The van der Waals surface area contributed by atoms with Gasteiger partial charge in [0.25, 0.3) is 10.8 Å². The summed E-state index contributed by atoms with van der Waals surface area (Å²) < 4.78 is 20.3. The number of unbranched alkanes of at least 4 members (excludes halogenated alkanes) is 1. The summed E-state index contributed by atoms with van der Waals surface area (Å²) in [5, 5.41) is 9.27. The molecule has 0 radical (unpaired) electrons. The number of hydrogen-bond donors (Lipinski definition) is 0. The van der Waals surface area contributed by atoms with E-state index in [4.69, 9.17) is 4.42 Å². The van der Waals surface area contributed by atoms with Gasteiger partial charge in [-0.2, -0.15) is 0 Å². The number of nitrogens with zero attached hydrogens (tertiary/aromatic N) is 4. The van der Waals surface area contributed by atoms with Crippen molar-refractivity contribution < 1.29 is 8.81 Å². The molecule has 4 rings (SSSR count). The van der Waals surface area contributed by atoms with Crippen molar-refractivity contribution in [2.45, 2.75) is 38.0 Å². The van der Waals surface area contributed by atoms with Crippen LogP contribution in [0.3, 0.4) is 0 Å². The number of aromatic nitrogens is 4. The Hall–Kier alpha value is -3.00. The number of rotatable bonds is 8. The van der Waals surface area contributed by atoms with Crippen molar-refractivity contribution in [3.63, 3.8) is 0 Å². The monoisotopic (exact) mass is 424 g/mol. The first-order chi connectivity index (χ1) is 14.6. The summed E-state index contributed by atoms with van der Waals surface area (Å²) in [5.74, 6) is 1.05. The van der Waals surface area contributed by atoms with Gasteiger partial charge in [-0.05, 0) is 49.1 Å². The lowest BCUT2D eigenvalue weighted by atomic mass is 10.1. The molecule has 0 aliphatic rings. The molecule has 2 aromatic carbocycles. The van der Waals surface area contributed by atoms with E-state index in [0.717, 1.165) is 35.2 Å². The van der Waals surface area contributed by atoms with Crippen molar-refractivity contribution in [1.82, 2.24) is 19.7 Å². The van der Waals surface area contributed by atoms with Crippen molar-refractivity contribution >= 4 is 22.7 Å². The van der Waals surface area contributed by atoms with E-state index >= 15 is 0 Å². The maximum Gasteiger partial charge on any atom is 0.276 e. The summed E-state index contributed by atoms with van der Waals surface area (Å²) in [6.45, 7) is 2.58. The first kappa shape index (κ1) is 20.3. The van der Waals surface area contributed by atoms with Crippen LogP contribution < -0.4 is 5.56 Å². The fourth-order valence-electron chi connectivity index (χ4n) is 3.19. The molecule has 0 aliphatic heterocycles. The minimum absolute atomic E-state index is 0.00121. The van der Waals surface area contributed by atoms with Crippen LogP contribution in [0.25, 0.3) is 10.9 Å². The van der Waals surface area contributed by atoms with Gasteiger partial charge in [0.1, 0.15) is 5.82 Å². The summed E-state index contributed by atoms with van der Waals surface area (Å²) in [4.78, 5) is 17.0. The molecule has 0 unspecified atom stereocenters. The number of para-hydroxylation sites is 1. The molecular weight excluding hydrogens is 403 g/mol. The summed E-state index contributed by atoms with van der Waals surface area (Å²) in [6.07, 6.45) is 3.86. The number of halogens is 1. The highest BCUT2D eigenvalue weighted by Gasteiger charge is 2.09. The predicted octanol–water partition coefficient (Wildman–Crippen LogP) is 4.39. The third kappa shape index (κ3) is 4.76. The van der Waals surface area contributed by atoms with E-state index in [2.05, 4.69) is 15.2 Å². The number of thioether (sulfide) groups is 1. The smallest absolute Gasteiger partial charge is 0.276 e. The SMILES string of the molecule is Cc1cccc2c(=O)n(CCCCSc3nnc(Cc4ccc(F)cc4)o3)cnc12. The second kappa shape index (κ2) is 9.21. The Morgan fingerprint density at radius 3 is 2.77 bits per heavy atom. The van der Waals surface area contributed by atoms with Crippen LogP contribution >= 0.6 is 11.8 Å². The maximum absolute atomic E-state index is 13.0. The lowest BCUT2D eigenvalue weighted by Gasteiger charge is -2.07. The average molecular weight is 425 g/mol. The largest absolute Gasteiger partial charge is 0.416 e. The zero-order valence-corrected chi connectivity index (χ0v) is 17.4. The van der Waals surface area contributed by atoms with Crippen molar-refractivity contribution in [2.24, 2.45) is 0 Å². The summed E-state index contributed by atoms with van der Waals surface area (Å²) in [6, 6.07) is 11.9. The first-order valence-corrected chi connectivity index (χ1v) is 10.7. The van der Waals surface area contributed by atoms with Crippen molar-refractivity contribution in [1.29, 1.82) is 0 Å². The normalized spacial score (nSPS) is 11.3. The van der Waals surface area contributed by atoms with Gasteiger partial charge in [-0.25, -0.2) is 9.37 Å². The summed E-state index contributed by atoms with van der Waals surface area (Å²) >= 11 is 1.49. The number of benzene rings is 2. The molecule has 2 aromatic heterocycles. The first-order valence-electron chi connectivity index (χ1n) is 9.74. The van der Waals surface area contributed by atoms with Crippen molar-refractivity contribution in [2.75, 3.05) is 5.75 Å². The van der Waals surface area contributed by atoms with Crippen LogP contribution in [0.15, 0.2) is 63.2 Å². The van der Waals surface area contributed by atoms with Gasteiger partial charge in [0.2, 0.25) is 5.89 Å². The van der Waals surface area contributed by atoms with Crippen LogP contribution in [0, 0.1) is 12.7 Å². The zero-order valence-electron chi connectivity index (χ0n) is 16.5. The molecule has 0 aliphatic carbocycles. The molecule has 0 fully saturated rings. The fourth-order valence-corrected chi connectivity index (χ4v) is 3.96. The highest BCUT2D eigenvalue weighted by Crippen LogP contribution is 2.19. The molecule has 4 aromatic rings. The molecule has 0 bridgehead atoms. The van der Waals surface area contributed by atoms with Crippen LogP contribution in [0.2, 0.25) is 0 Å². The van der Waals surface area contributed by atoms with Gasteiger partial charge in [-0.3, -0.25) is 9.36 Å². The molecule has 154 valence electrons. The van der Waals surface area contributed by atoms with E-state index in [1.165, 1.54) is 23.9 Å². The number of fused-ring (bicyclic) bond motifs is 1. The van der Waals surface area contributed by atoms with E-state index in [1.807, 2.05) is 25.1 Å². The van der Waals surface area contributed by atoms with E-state index < -0.39 is 0 Å². The minimum atomic E-state index is -0.266. The molecule has 0 atom stereocenters. The van der Waals surface area contributed by atoms with Gasteiger partial charge >= 0.3 is 0 Å². The third-order valence-corrected chi connectivity index (χ3v) is 5.70. The van der Waals surface area contributed by atoms with Crippen molar-refractivity contribution in [3.8, 4) is 0 Å². The maximum atomic E-state index is 13.0. The number of hydrogen-bond acceptors (Lipinski definition) is 6. The number of aryl methyl sites for hydroxylation is 2. The van der Waals surface area contributed by atoms with Gasteiger partial charge in [0, 0.05) is 12.3 Å². The standard InChI is InChI=1S/C22H21FN4O2S/c1-15-5-4-6-18-20(15)24-14-27(21(18)28)11-2-3-12-30-22-26-25-19(29-22)13-16-7-9-17(23)10-8-16/h4-10,14H,2-3,11-13H2,1H3.